The van der Waals surface area contributed by atoms with Gasteiger partial charge in [0.05, 0.1) is 12.2 Å². The third-order valence-electron chi connectivity index (χ3n) is 6.99. The molecule has 1 aromatic heterocycles. The molecule has 3 aliphatic rings. The van der Waals surface area contributed by atoms with Crippen LogP contribution in [0.5, 0.6) is 0 Å². The first-order valence-corrected chi connectivity index (χ1v) is 11.2. The van der Waals surface area contributed by atoms with E-state index in [1.54, 1.807) is 0 Å². The van der Waals surface area contributed by atoms with E-state index in [0.717, 1.165) is 54.5 Å². The minimum atomic E-state index is -0.288. The molecule has 5 rings (SSSR count). The molecule has 0 radical (unpaired) electrons. The summed E-state index contributed by atoms with van der Waals surface area (Å²) in [5.74, 6) is 0.0104. The summed E-state index contributed by atoms with van der Waals surface area (Å²) < 4.78 is 8.20. The molecule has 1 aromatic carbocycles. The van der Waals surface area contributed by atoms with E-state index in [0.29, 0.717) is 31.4 Å². The molecule has 7 nitrogen and oxygen atoms in total. The molecule has 2 amide bonds. The standard InChI is InChI=1S/C24H30N4O3/c1-15-4-7-18(16(2)12-15)23(30)28-10-8-24(9-11-28)13-20-19(14-31-24)21(26-27(20)3)22(29)25-17-5-6-17/h4,7,12,17H,5-6,8-11,13-14H2,1-3H3,(H,25,29). The number of carbonyl (C=O) groups excluding carboxylic acids is 2. The Hall–Kier alpha value is -2.67. The van der Waals surface area contributed by atoms with Gasteiger partial charge in [0.2, 0.25) is 0 Å². The van der Waals surface area contributed by atoms with Crippen LogP contribution in [0.2, 0.25) is 0 Å². The number of likely N-dealkylation sites (tertiary alicyclic amines) is 1. The minimum Gasteiger partial charge on any atom is -0.370 e. The number of aryl methyl sites for hydroxylation is 3. The normalized spacial score (nSPS) is 19.9. The Morgan fingerprint density at radius 3 is 2.61 bits per heavy atom. The van der Waals surface area contributed by atoms with E-state index in [-0.39, 0.29) is 17.4 Å². The number of nitrogens with one attached hydrogen (secondary N) is 1. The van der Waals surface area contributed by atoms with Gasteiger partial charge in [-0.1, -0.05) is 17.7 Å². The summed E-state index contributed by atoms with van der Waals surface area (Å²) >= 11 is 0. The van der Waals surface area contributed by atoms with Crippen LogP contribution < -0.4 is 5.32 Å². The fourth-order valence-corrected chi connectivity index (χ4v) is 4.88. The van der Waals surface area contributed by atoms with Crippen molar-refractivity contribution >= 4 is 11.8 Å². The van der Waals surface area contributed by atoms with Gasteiger partial charge in [-0.2, -0.15) is 5.10 Å². The van der Waals surface area contributed by atoms with Crippen molar-refractivity contribution in [2.45, 2.75) is 64.2 Å². The molecule has 2 fully saturated rings. The van der Waals surface area contributed by atoms with E-state index < -0.39 is 0 Å². The number of hydrogen-bond acceptors (Lipinski definition) is 4. The Kier molecular flexibility index (Phi) is 4.88. The third-order valence-corrected chi connectivity index (χ3v) is 6.99. The van der Waals surface area contributed by atoms with Crippen molar-refractivity contribution in [2.24, 2.45) is 7.05 Å². The highest BCUT2D eigenvalue weighted by Crippen LogP contribution is 2.37. The molecule has 0 atom stereocenters. The van der Waals surface area contributed by atoms with Crippen molar-refractivity contribution in [3.8, 4) is 0 Å². The molecule has 0 bridgehead atoms. The lowest BCUT2D eigenvalue weighted by Gasteiger charge is -2.44. The Balaban J connectivity index is 1.28. The number of aromatic nitrogens is 2. The van der Waals surface area contributed by atoms with Crippen LogP contribution in [0.25, 0.3) is 0 Å². The van der Waals surface area contributed by atoms with Gasteiger partial charge in [0.1, 0.15) is 0 Å². The second-order valence-corrected chi connectivity index (χ2v) is 9.40. The van der Waals surface area contributed by atoms with Crippen LogP contribution in [0.3, 0.4) is 0 Å². The maximum Gasteiger partial charge on any atom is 0.272 e. The number of nitrogens with zero attached hydrogens (tertiary/aromatic N) is 3. The summed E-state index contributed by atoms with van der Waals surface area (Å²) in [4.78, 5) is 27.6. The van der Waals surface area contributed by atoms with Gasteiger partial charge in [-0.3, -0.25) is 14.3 Å². The summed E-state index contributed by atoms with van der Waals surface area (Å²) in [5.41, 5.74) is 5.19. The highest BCUT2D eigenvalue weighted by atomic mass is 16.5. The number of rotatable bonds is 3. The first kappa shape index (κ1) is 20.2. The first-order chi connectivity index (χ1) is 14.8. The zero-order chi connectivity index (χ0) is 21.8. The highest BCUT2D eigenvalue weighted by Gasteiger charge is 2.43. The van der Waals surface area contributed by atoms with E-state index in [2.05, 4.69) is 16.5 Å². The molecule has 7 heteroatoms. The van der Waals surface area contributed by atoms with E-state index in [1.807, 2.05) is 42.6 Å². The van der Waals surface area contributed by atoms with E-state index in [1.165, 1.54) is 5.56 Å². The summed E-state index contributed by atoms with van der Waals surface area (Å²) in [7, 11) is 1.91. The zero-order valence-corrected chi connectivity index (χ0v) is 18.5. The van der Waals surface area contributed by atoms with E-state index in [4.69, 9.17) is 4.74 Å². The lowest BCUT2D eigenvalue weighted by Crippen LogP contribution is -2.50. The van der Waals surface area contributed by atoms with Crippen LogP contribution in [-0.2, 0) is 24.8 Å². The van der Waals surface area contributed by atoms with Gasteiger partial charge >= 0.3 is 0 Å². The van der Waals surface area contributed by atoms with Crippen molar-refractivity contribution in [3.05, 3.63) is 51.8 Å². The zero-order valence-electron chi connectivity index (χ0n) is 18.5. The fourth-order valence-electron chi connectivity index (χ4n) is 4.88. The van der Waals surface area contributed by atoms with Crippen LogP contribution in [0.4, 0.5) is 0 Å². The van der Waals surface area contributed by atoms with Gasteiger partial charge < -0.3 is 15.0 Å². The maximum atomic E-state index is 13.1. The first-order valence-electron chi connectivity index (χ1n) is 11.2. The summed E-state index contributed by atoms with van der Waals surface area (Å²) in [5, 5.41) is 7.54. The molecule has 1 saturated heterocycles. The summed E-state index contributed by atoms with van der Waals surface area (Å²) in [6.07, 6.45) is 4.42. The van der Waals surface area contributed by atoms with Gasteiger partial charge in [0.15, 0.2) is 5.69 Å². The van der Waals surface area contributed by atoms with E-state index >= 15 is 0 Å². The average Bonchev–Trinajstić information content (AvgIpc) is 3.50. The van der Waals surface area contributed by atoms with Crippen molar-refractivity contribution in [3.63, 3.8) is 0 Å². The second-order valence-electron chi connectivity index (χ2n) is 9.40. The average molecular weight is 423 g/mol. The Morgan fingerprint density at radius 1 is 1.19 bits per heavy atom. The smallest absolute Gasteiger partial charge is 0.272 e. The topological polar surface area (TPSA) is 76.5 Å². The number of carbonyl (C=O) groups is 2. The van der Waals surface area contributed by atoms with Gasteiger partial charge in [-0.25, -0.2) is 0 Å². The van der Waals surface area contributed by atoms with Crippen LogP contribution >= 0.6 is 0 Å². The van der Waals surface area contributed by atoms with Gasteiger partial charge in [-0.15, -0.1) is 0 Å². The highest BCUT2D eigenvalue weighted by molar-refractivity contribution is 5.96. The molecule has 1 aliphatic carbocycles. The monoisotopic (exact) mass is 422 g/mol. The summed E-state index contributed by atoms with van der Waals surface area (Å²) in [6, 6.07) is 6.30. The van der Waals surface area contributed by atoms with Gasteiger partial charge in [-0.05, 0) is 51.2 Å². The molecule has 1 spiro atoms. The van der Waals surface area contributed by atoms with Crippen molar-refractivity contribution < 1.29 is 14.3 Å². The molecule has 2 aromatic rings. The molecule has 0 unspecified atom stereocenters. The Morgan fingerprint density at radius 2 is 1.94 bits per heavy atom. The maximum absolute atomic E-state index is 13.1. The number of fused-ring (bicyclic) bond motifs is 1. The predicted molar refractivity (Wildman–Crippen MR) is 116 cm³/mol. The minimum absolute atomic E-state index is 0.0900. The largest absolute Gasteiger partial charge is 0.370 e. The number of ether oxygens (including phenoxy) is 1. The number of benzene rings is 1. The molecule has 3 heterocycles. The van der Waals surface area contributed by atoms with E-state index in [9.17, 15) is 9.59 Å². The van der Waals surface area contributed by atoms with Crippen LogP contribution in [-0.4, -0.2) is 51.2 Å². The predicted octanol–water partition coefficient (Wildman–Crippen LogP) is 2.68. The number of hydrogen-bond donors (Lipinski definition) is 1. The lowest BCUT2D eigenvalue weighted by molar-refractivity contribution is -0.0990. The van der Waals surface area contributed by atoms with Crippen LogP contribution in [0, 0.1) is 13.8 Å². The molecule has 2 aliphatic heterocycles. The lowest BCUT2D eigenvalue weighted by atomic mass is 9.83. The van der Waals surface area contributed by atoms with Gasteiger partial charge in [0, 0.05) is 49.4 Å². The Bertz CT molecular complexity index is 1050. The third kappa shape index (κ3) is 3.76. The van der Waals surface area contributed by atoms with Crippen LogP contribution in [0.15, 0.2) is 18.2 Å². The van der Waals surface area contributed by atoms with Crippen molar-refractivity contribution in [1.82, 2.24) is 20.0 Å². The molecule has 164 valence electrons. The van der Waals surface area contributed by atoms with Crippen molar-refractivity contribution in [2.75, 3.05) is 13.1 Å². The molecule has 1 N–H and O–H groups in total. The quantitative estimate of drug-likeness (QED) is 0.825. The van der Waals surface area contributed by atoms with Gasteiger partial charge in [0.25, 0.3) is 11.8 Å². The van der Waals surface area contributed by atoms with Crippen molar-refractivity contribution in [1.29, 1.82) is 0 Å². The number of amides is 2. The number of piperidine rings is 1. The Labute approximate surface area is 182 Å². The second kappa shape index (κ2) is 7.48. The molecular formula is C24H30N4O3. The fraction of sp³-hybridized carbons (Fsp3) is 0.542. The molecule has 31 heavy (non-hydrogen) atoms. The van der Waals surface area contributed by atoms with Crippen LogP contribution in [0.1, 0.15) is 68.9 Å². The summed E-state index contributed by atoms with van der Waals surface area (Å²) in [6.45, 7) is 5.79. The molecule has 1 saturated carbocycles. The molecular weight excluding hydrogens is 392 g/mol. The SMILES string of the molecule is Cc1ccc(C(=O)N2CCC3(CC2)Cc2c(c(C(=O)NC4CC4)nn2C)CO3)c(C)c1.